The maximum absolute atomic E-state index is 12.8. The highest BCUT2D eigenvalue weighted by atomic mass is 32.2. The summed E-state index contributed by atoms with van der Waals surface area (Å²) in [7, 11) is 0. The first-order valence-corrected chi connectivity index (χ1v) is 11.5. The fourth-order valence-corrected chi connectivity index (χ4v) is 5.76. The molecule has 0 atom stereocenters. The summed E-state index contributed by atoms with van der Waals surface area (Å²) in [6.45, 7) is 6.84. The molecule has 2 heterocycles. The Morgan fingerprint density at radius 1 is 0.875 bits per heavy atom. The predicted octanol–water partition coefficient (Wildman–Crippen LogP) is 4.43. The van der Waals surface area contributed by atoms with Crippen LogP contribution in [0, 0.1) is 23.7 Å². The normalized spacial score (nSPS) is 31.3. The van der Waals surface area contributed by atoms with Gasteiger partial charge in [-0.2, -0.15) is 0 Å². The number of nitrogens with zero attached hydrogens (tertiary/aromatic N) is 2. The van der Waals surface area contributed by atoms with Gasteiger partial charge in [0, 0.05) is 32.1 Å². The molecule has 3 nitrogen and oxygen atoms in total. The van der Waals surface area contributed by atoms with Crippen molar-refractivity contribution in [3.05, 3.63) is 0 Å². The van der Waals surface area contributed by atoms with E-state index in [0.717, 1.165) is 43.7 Å². The fourth-order valence-electron chi connectivity index (χ4n) is 5.19. The van der Waals surface area contributed by atoms with Crippen molar-refractivity contribution in [1.29, 1.82) is 0 Å². The summed E-state index contributed by atoms with van der Waals surface area (Å²) in [5.41, 5.74) is 0. The van der Waals surface area contributed by atoms with Crippen molar-refractivity contribution in [3.63, 3.8) is 0 Å². The van der Waals surface area contributed by atoms with Gasteiger partial charge >= 0.3 is 0 Å². The van der Waals surface area contributed by atoms with Crippen LogP contribution in [0.1, 0.15) is 64.7 Å². The number of amides is 1. The maximum atomic E-state index is 12.8. The van der Waals surface area contributed by atoms with Crippen molar-refractivity contribution in [2.75, 3.05) is 32.4 Å². The molecule has 3 rings (SSSR count). The molecule has 0 unspecified atom stereocenters. The topological polar surface area (TPSA) is 23.6 Å². The average molecular weight is 353 g/mol. The first-order valence-electron chi connectivity index (χ1n) is 10.3. The van der Waals surface area contributed by atoms with E-state index < -0.39 is 0 Å². The molecular weight excluding hydrogens is 316 g/mol. The summed E-state index contributed by atoms with van der Waals surface area (Å²) in [5, 5.41) is 0. The minimum absolute atomic E-state index is 0.339. The molecular formula is C20H36N2OS. The smallest absolute Gasteiger partial charge is 0.225 e. The highest BCUT2D eigenvalue weighted by Crippen LogP contribution is 2.39. The molecule has 2 saturated heterocycles. The molecule has 4 heteroatoms. The third-order valence-electron chi connectivity index (χ3n) is 7.05. The van der Waals surface area contributed by atoms with Crippen molar-refractivity contribution in [1.82, 2.24) is 9.21 Å². The first kappa shape index (κ1) is 18.6. The van der Waals surface area contributed by atoms with Gasteiger partial charge in [-0.3, -0.25) is 9.10 Å². The number of carbonyl (C=O) groups is 1. The van der Waals surface area contributed by atoms with Crippen LogP contribution in [0.2, 0.25) is 0 Å². The molecule has 0 spiro atoms. The minimum atomic E-state index is 0.339. The van der Waals surface area contributed by atoms with Crippen LogP contribution in [0.25, 0.3) is 0 Å². The van der Waals surface area contributed by atoms with Gasteiger partial charge in [-0.1, -0.05) is 25.3 Å². The predicted molar refractivity (Wildman–Crippen MR) is 103 cm³/mol. The van der Waals surface area contributed by atoms with Gasteiger partial charge in [0.25, 0.3) is 0 Å². The monoisotopic (exact) mass is 352 g/mol. The average Bonchev–Trinajstić information content (AvgIpc) is 2.68. The zero-order valence-corrected chi connectivity index (χ0v) is 16.5. The molecule has 1 saturated carbocycles. The number of carbonyl (C=O) groups excluding carboxylic acids is 1. The standard InChI is InChI=1S/C20H36N2OS/c1-3-16-8-12-21(13-9-16)20(23)19-6-4-17(5-7-19)18-10-14-22(24-2)15-11-18/h16-19H,3-15H2,1-2H3. The summed E-state index contributed by atoms with van der Waals surface area (Å²) in [5.74, 6) is 3.50. The second-order valence-electron chi connectivity index (χ2n) is 8.24. The minimum Gasteiger partial charge on any atom is -0.342 e. The third kappa shape index (κ3) is 4.49. The van der Waals surface area contributed by atoms with Crippen LogP contribution in [0.5, 0.6) is 0 Å². The van der Waals surface area contributed by atoms with Crippen molar-refractivity contribution < 1.29 is 4.79 Å². The van der Waals surface area contributed by atoms with E-state index in [1.165, 1.54) is 58.0 Å². The van der Waals surface area contributed by atoms with E-state index >= 15 is 0 Å². The largest absolute Gasteiger partial charge is 0.342 e. The van der Waals surface area contributed by atoms with E-state index in [4.69, 9.17) is 0 Å². The van der Waals surface area contributed by atoms with E-state index in [0.29, 0.717) is 11.8 Å². The highest BCUT2D eigenvalue weighted by molar-refractivity contribution is 7.96. The van der Waals surface area contributed by atoms with Crippen LogP contribution >= 0.6 is 11.9 Å². The van der Waals surface area contributed by atoms with Gasteiger partial charge in [0.05, 0.1) is 0 Å². The lowest BCUT2D eigenvalue weighted by atomic mass is 9.72. The number of piperidine rings is 2. The summed E-state index contributed by atoms with van der Waals surface area (Å²) < 4.78 is 2.51. The van der Waals surface area contributed by atoms with Crippen LogP contribution in [-0.4, -0.2) is 47.5 Å². The molecule has 0 aromatic heterocycles. The molecule has 3 fully saturated rings. The van der Waals surface area contributed by atoms with Gasteiger partial charge < -0.3 is 4.90 Å². The van der Waals surface area contributed by atoms with Gasteiger partial charge in [0.2, 0.25) is 5.91 Å². The zero-order chi connectivity index (χ0) is 16.9. The molecule has 0 aromatic rings. The summed E-state index contributed by atoms with van der Waals surface area (Å²) in [4.78, 5) is 15.0. The van der Waals surface area contributed by atoms with Gasteiger partial charge in [-0.05, 0) is 75.4 Å². The second kappa shape index (κ2) is 8.93. The van der Waals surface area contributed by atoms with E-state index in [1.807, 2.05) is 11.9 Å². The van der Waals surface area contributed by atoms with Crippen LogP contribution in [0.15, 0.2) is 0 Å². The van der Waals surface area contributed by atoms with Gasteiger partial charge in [-0.25, -0.2) is 0 Å². The van der Waals surface area contributed by atoms with Crippen LogP contribution in [-0.2, 0) is 4.79 Å². The van der Waals surface area contributed by atoms with E-state index in [-0.39, 0.29) is 0 Å². The molecule has 1 amide bonds. The van der Waals surface area contributed by atoms with Crippen molar-refractivity contribution in [2.24, 2.45) is 23.7 Å². The Bertz CT molecular complexity index is 392. The summed E-state index contributed by atoms with van der Waals surface area (Å²) >= 11 is 1.90. The van der Waals surface area contributed by atoms with E-state index in [1.54, 1.807) is 0 Å². The molecule has 0 radical (unpaired) electrons. The van der Waals surface area contributed by atoms with Gasteiger partial charge in [0.1, 0.15) is 0 Å². The molecule has 0 bridgehead atoms. The van der Waals surface area contributed by atoms with Crippen LogP contribution in [0.4, 0.5) is 0 Å². The highest BCUT2D eigenvalue weighted by Gasteiger charge is 2.34. The van der Waals surface area contributed by atoms with Crippen LogP contribution in [0.3, 0.4) is 0 Å². The Kier molecular flexibility index (Phi) is 6.91. The Morgan fingerprint density at radius 3 is 2.00 bits per heavy atom. The number of likely N-dealkylation sites (tertiary alicyclic amines) is 1. The molecule has 24 heavy (non-hydrogen) atoms. The third-order valence-corrected chi connectivity index (χ3v) is 7.93. The second-order valence-corrected chi connectivity index (χ2v) is 9.12. The Hall–Kier alpha value is -0.220. The molecule has 2 aliphatic heterocycles. The lowest BCUT2D eigenvalue weighted by Crippen LogP contribution is -2.43. The zero-order valence-electron chi connectivity index (χ0n) is 15.7. The molecule has 138 valence electrons. The quantitative estimate of drug-likeness (QED) is 0.699. The maximum Gasteiger partial charge on any atom is 0.225 e. The van der Waals surface area contributed by atoms with E-state index in [2.05, 4.69) is 22.4 Å². The Labute approximate surface area is 153 Å². The van der Waals surface area contributed by atoms with Crippen molar-refractivity contribution in [3.8, 4) is 0 Å². The lowest BCUT2D eigenvalue weighted by molar-refractivity contribution is -0.138. The fraction of sp³-hybridized carbons (Fsp3) is 0.950. The van der Waals surface area contributed by atoms with E-state index in [9.17, 15) is 4.79 Å². The summed E-state index contributed by atoms with van der Waals surface area (Å²) in [6, 6.07) is 0. The van der Waals surface area contributed by atoms with Gasteiger partial charge in [0.15, 0.2) is 0 Å². The Morgan fingerprint density at radius 2 is 1.46 bits per heavy atom. The van der Waals surface area contributed by atoms with Gasteiger partial charge in [-0.15, -0.1) is 0 Å². The molecule has 0 N–H and O–H groups in total. The number of hydrogen-bond acceptors (Lipinski definition) is 3. The van der Waals surface area contributed by atoms with Crippen molar-refractivity contribution in [2.45, 2.75) is 64.7 Å². The lowest BCUT2D eigenvalue weighted by Gasteiger charge is -2.40. The number of rotatable bonds is 4. The SMILES string of the molecule is CCC1CCN(C(=O)C2CCC(C3CCN(SC)CC3)CC2)CC1. The molecule has 0 aromatic carbocycles. The summed E-state index contributed by atoms with van der Waals surface area (Å²) in [6.07, 6.45) is 13.6. The molecule has 1 aliphatic carbocycles. The van der Waals surface area contributed by atoms with Crippen molar-refractivity contribution >= 4 is 17.9 Å². The molecule has 3 aliphatic rings. The number of hydrogen-bond donors (Lipinski definition) is 0. The first-order chi connectivity index (χ1) is 11.7. The van der Waals surface area contributed by atoms with Crippen LogP contribution < -0.4 is 0 Å². The Balaban J connectivity index is 1.41.